The molecule has 2 N–H and O–H groups in total. The molecule has 2 atom stereocenters. The van der Waals surface area contributed by atoms with E-state index in [9.17, 15) is 9.18 Å². The van der Waals surface area contributed by atoms with Gasteiger partial charge in [0.15, 0.2) is 0 Å². The first-order valence-corrected chi connectivity index (χ1v) is 4.15. The quantitative estimate of drug-likeness (QED) is 0.619. The molecule has 0 saturated carbocycles. The summed E-state index contributed by atoms with van der Waals surface area (Å²) in [6.07, 6.45) is -0.572. The van der Waals surface area contributed by atoms with Crippen molar-refractivity contribution in [1.29, 1.82) is 0 Å². The van der Waals surface area contributed by atoms with Crippen LogP contribution in [0.1, 0.15) is 19.8 Å². The first-order chi connectivity index (χ1) is 5.57. The van der Waals surface area contributed by atoms with Crippen molar-refractivity contribution in [2.45, 2.75) is 25.9 Å². The van der Waals surface area contributed by atoms with Crippen LogP contribution in [0.4, 0.5) is 4.39 Å². The zero-order valence-corrected chi connectivity index (χ0v) is 7.14. The normalized spacial score (nSPS) is 37.3. The lowest BCUT2D eigenvalue weighted by molar-refractivity contribution is -0.152. The average molecular weight is 175 g/mol. The van der Waals surface area contributed by atoms with Gasteiger partial charge in [0.25, 0.3) is 0 Å². The van der Waals surface area contributed by atoms with Crippen LogP contribution in [-0.4, -0.2) is 30.3 Å². The molecule has 0 aliphatic carbocycles. The second-order valence-corrected chi connectivity index (χ2v) is 3.48. The third-order valence-corrected chi connectivity index (χ3v) is 2.58. The third kappa shape index (κ3) is 1.58. The van der Waals surface area contributed by atoms with Crippen LogP contribution in [0.25, 0.3) is 0 Å². The van der Waals surface area contributed by atoms with Crippen molar-refractivity contribution in [3.8, 4) is 0 Å². The fraction of sp³-hybridized carbons (Fsp3) is 0.875. The predicted octanol–water partition coefficient (Wildman–Crippen LogP) is 0.799. The second-order valence-electron chi connectivity index (χ2n) is 3.48. The van der Waals surface area contributed by atoms with E-state index in [1.54, 1.807) is 0 Å². The van der Waals surface area contributed by atoms with E-state index in [4.69, 9.17) is 5.11 Å². The van der Waals surface area contributed by atoms with Crippen molar-refractivity contribution in [2.75, 3.05) is 13.1 Å². The highest BCUT2D eigenvalue weighted by Crippen LogP contribution is 2.31. The minimum Gasteiger partial charge on any atom is -0.481 e. The Balaban J connectivity index is 2.75. The first-order valence-electron chi connectivity index (χ1n) is 4.15. The molecule has 1 saturated heterocycles. The van der Waals surface area contributed by atoms with Crippen molar-refractivity contribution in [3.63, 3.8) is 0 Å². The Morgan fingerprint density at radius 3 is 2.92 bits per heavy atom. The summed E-state index contributed by atoms with van der Waals surface area (Å²) in [5.41, 5.74) is -1.19. The van der Waals surface area contributed by atoms with E-state index in [1.807, 2.05) is 0 Å². The van der Waals surface area contributed by atoms with Gasteiger partial charge in [-0.25, -0.2) is 4.39 Å². The molecular weight excluding hydrogens is 161 g/mol. The molecule has 70 valence electrons. The van der Waals surface area contributed by atoms with E-state index >= 15 is 0 Å². The van der Waals surface area contributed by atoms with Crippen LogP contribution >= 0.6 is 0 Å². The highest BCUT2D eigenvalue weighted by Gasteiger charge is 2.42. The maximum absolute atomic E-state index is 13.3. The number of hydrogen-bond donors (Lipinski definition) is 2. The van der Waals surface area contributed by atoms with Gasteiger partial charge in [-0.2, -0.15) is 0 Å². The third-order valence-electron chi connectivity index (χ3n) is 2.58. The maximum Gasteiger partial charge on any atom is 0.312 e. The summed E-state index contributed by atoms with van der Waals surface area (Å²) in [5.74, 6) is -1.03. The summed E-state index contributed by atoms with van der Waals surface area (Å²) >= 11 is 0. The molecular formula is C8H14FNO2. The van der Waals surface area contributed by atoms with Gasteiger partial charge < -0.3 is 10.4 Å². The Morgan fingerprint density at radius 2 is 2.33 bits per heavy atom. The molecule has 0 aromatic rings. The zero-order chi connectivity index (χ0) is 9.19. The highest BCUT2D eigenvalue weighted by atomic mass is 19.1. The molecule has 12 heavy (non-hydrogen) atoms. The number of nitrogens with one attached hydrogen (secondary N) is 1. The maximum atomic E-state index is 13.3. The summed E-state index contributed by atoms with van der Waals surface area (Å²) in [6, 6.07) is 0. The Morgan fingerprint density at radius 1 is 1.67 bits per heavy atom. The lowest BCUT2D eigenvalue weighted by atomic mass is 9.81. The molecule has 0 amide bonds. The van der Waals surface area contributed by atoms with Crippen LogP contribution in [0.5, 0.6) is 0 Å². The average Bonchev–Trinajstić information content (AvgIpc) is 2.16. The number of carbonyl (C=O) groups is 1. The van der Waals surface area contributed by atoms with Crippen LogP contribution in [0.3, 0.4) is 0 Å². The highest BCUT2D eigenvalue weighted by molar-refractivity contribution is 5.75. The molecule has 1 aliphatic rings. The number of carboxylic acids is 1. The fourth-order valence-corrected chi connectivity index (χ4v) is 1.42. The number of hydrogen-bond acceptors (Lipinski definition) is 2. The van der Waals surface area contributed by atoms with Gasteiger partial charge in [-0.15, -0.1) is 0 Å². The molecule has 1 heterocycles. The molecule has 1 fully saturated rings. The Labute approximate surface area is 71.0 Å². The van der Waals surface area contributed by atoms with Gasteiger partial charge in [-0.05, 0) is 32.9 Å². The van der Waals surface area contributed by atoms with Gasteiger partial charge in [0.05, 0.1) is 5.41 Å². The van der Waals surface area contributed by atoms with E-state index in [-0.39, 0.29) is 0 Å². The van der Waals surface area contributed by atoms with E-state index < -0.39 is 17.6 Å². The van der Waals surface area contributed by atoms with Crippen LogP contribution in [0, 0.1) is 5.41 Å². The minimum absolute atomic E-state index is 0.294. The Bertz CT molecular complexity index is 186. The second kappa shape index (κ2) is 3.39. The molecule has 4 heteroatoms. The van der Waals surface area contributed by atoms with E-state index in [0.29, 0.717) is 25.9 Å². The van der Waals surface area contributed by atoms with Gasteiger partial charge in [0, 0.05) is 0 Å². The zero-order valence-electron chi connectivity index (χ0n) is 7.14. The number of rotatable bonds is 1. The lowest BCUT2D eigenvalue weighted by Crippen LogP contribution is -2.37. The molecule has 1 rings (SSSR count). The van der Waals surface area contributed by atoms with Crippen molar-refractivity contribution in [1.82, 2.24) is 5.32 Å². The van der Waals surface area contributed by atoms with Crippen LogP contribution in [0.15, 0.2) is 0 Å². The summed E-state index contributed by atoms with van der Waals surface area (Å²) in [5, 5.41) is 11.8. The molecule has 0 bridgehead atoms. The van der Waals surface area contributed by atoms with E-state index in [1.165, 1.54) is 6.92 Å². The molecule has 2 unspecified atom stereocenters. The summed E-state index contributed by atoms with van der Waals surface area (Å²) in [4.78, 5) is 10.8. The molecule has 0 aromatic carbocycles. The first kappa shape index (κ1) is 9.45. The molecule has 1 aliphatic heterocycles. The number of halogens is 1. The number of aliphatic carboxylic acids is 1. The summed E-state index contributed by atoms with van der Waals surface area (Å²) in [7, 11) is 0. The largest absolute Gasteiger partial charge is 0.481 e. The van der Waals surface area contributed by atoms with Crippen LogP contribution < -0.4 is 5.32 Å². The standard InChI is InChI=1S/C8H14FNO2/c1-8(7(11)12)3-5-10-4-2-6(8)9/h6,10H,2-5H2,1H3,(H,11,12). The van der Waals surface area contributed by atoms with Crippen LogP contribution in [-0.2, 0) is 4.79 Å². The lowest BCUT2D eigenvalue weighted by Gasteiger charge is -2.25. The van der Waals surface area contributed by atoms with Gasteiger partial charge in [-0.3, -0.25) is 4.79 Å². The van der Waals surface area contributed by atoms with Crippen molar-refractivity contribution >= 4 is 5.97 Å². The summed E-state index contributed by atoms with van der Waals surface area (Å²) < 4.78 is 13.3. The predicted molar refractivity (Wildman–Crippen MR) is 42.7 cm³/mol. The SMILES string of the molecule is CC1(C(=O)O)CCNCCC1F. The number of carboxylic acid groups (broad SMARTS) is 1. The van der Waals surface area contributed by atoms with Crippen molar-refractivity contribution in [2.24, 2.45) is 5.41 Å². The Hall–Kier alpha value is -0.640. The molecule has 0 aromatic heterocycles. The van der Waals surface area contributed by atoms with Crippen molar-refractivity contribution in [3.05, 3.63) is 0 Å². The van der Waals surface area contributed by atoms with Gasteiger partial charge in [0.2, 0.25) is 0 Å². The monoisotopic (exact) mass is 175 g/mol. The smallest absolute Gasteiger partial charge is 0.312 e. The van der Waals surface area contributed by atoms with Crippen molar-refractivity contribution < 1.29 is 14.3 Å². The number of alkyl halides is 1. The summed E-state index contributed by atoms with van der Waals surface area (Å²) in [6.45, 7) is 2.64. The van der Waals surface area contributed by atoms with E-state index in [2.05, 4.69) is 5.32 Å². The van der Waals surface area contributed by atoms with E-state index in [0.717, 1.165) is 0 Å². The van der Waals surface area contributed by atoms with Gasteiger partial charge in [-0.1, -0.05) is 0 Å². The Kier molecular flexibility index (Phi) is 2.67. The molecule has 0 radical (unpaired) electrons. The van der Waals surface area contributed by atoms with Gasteiger partial charge >= 0.3 is 5.97 Å². The molecule has 3 nitrogen and oxygen atoms in total. The minimum atomic E-state index is -1.23. The topological polar surface area (TPSA) is 49.3 Å². The molecule has 0 spiro atoms. The van der Waals surface area contributed by atoms with Gasteiger partial charge in [0.1, 0.15) is 6.17 Å². The fourth-order valence-electron chi connectivity index (χ4n) is 1.42. The van der Waals surface area contributed by atoms with Crippen LogP contribution in [0.2, 0.25) is 0 Å².